The van der Waals surface area contributed by atoms with Crippen LogP contribution in [0.1, 0.15) is 11.6 Å². The van der Waals surface area contributed by atoms with Crippen LogP contribution in [0.4, 0.5) is 0 Å². The van der Waals surface area contributed by atoms with Crippen LogP contribution >= 0.6 is 0 Å². The van der Waals surface area contributed by atoms with Gasteiger partial charge >= 0.3 is 0 Å². The molecule has 9 heteroatoms. The summed E-state index contributed by atoms with van der Waals surface area (Å²) in [6.45, 7) is 0. The molecule has 3 aromatic rings. The van der Waals surface area contributed by atoms with E-state index in [9.17, 15) is 16.8 Å². The second-order valence-corrected chi connectivity index (χ2v) is 9.32. The predicted octanol–water partition coefficient (Wildman–Crippen LogP) is 1.75. The van der Waals surface area contributed by atoms with Crippen LogP contribution in [-0.4, -0.2) is 32.0 Å². The minimum absolute atomic E-state index is 0.0297. The van der Waals surface area contributed by atoms with Gasteiger partial charge in [0.05, 0.1) is 9.79 Å². The first-order valence-corrected chi connectivity index (χ1v) is 10.6. The Kier molecular flexibility index (Phi) is 4.69. The van der Waals surface area contributed by atoms with Gasteiger partial charge in [0.15, 0.2) is 25.5 Å². The van der Waals surface area contributed by atoms with Crippen molar-refractivity contribution < 1.29 is 16.8 Å². The molecule has 130 valence electrons. The Labute approximate surface area is 145 Å². The number of nitrogens with zero attached hydrogens (tertiary/aromatic N) is 2. The van der Waals surface area contributed by atoms with Crippen LogP contribution in [0.5, 0.6) is 0 Å². The van der Waals surface area contributed by atoms with Gasteiger partial charge in [-0.2, -0.15) is 5.10 Å². The molecule has 0 atom stereocenters. The lowest BCUT2D eigenvalue weighted by atomic mass is 10.4. The maximum absolute atomic E-state index is 12.3. The molecule has 0 aliphatic heterocycles. The molecule has 0 saturated carbocycles. The number of benzene rings is 2. The largest absolute Gasteiger partial charge is 0.262 e. The van der Waals surface area contributed by atoms with E-state index in [4.69, 9.17) is 0 Å². The number of hydrogen-bond donors (Lipinski definition) is 1. The summed E-state index contributed by atoms with van der Waals surface area (Å²) in [7, 11) is -7.17. The number of nitrogens with one attached hydrogen (secondary N) is 1. The molecule has 25 heavy (non-hydrogen) atoms. The maximum atomic E-state index is 12.3. The summed E-state index contributed by atoms with van der Waals surface area (Å²) in [6.07, 6.45) is 0. The fourth-order valence-electron chi connectivity index (χ4n) is 2.24. The molecule has 0 aliphatic carbocycles. The van der Waals surface area contributed by atoms with Crippen LogP contribution in [0.25, 0.3) is 0 Å². The first kappa shape index (κ1) is 17.3. The average Bonchev–Trinajstić information content (AvgIpc) is 3.02. The molecule has 2 aromatic carbocycles. The molecule has 0 spiro atoms. The molecule has 1 heterocycles. The van der Waals surface area contributed by atoms with E-state index < -0.39 is 25.4 Å². The average molecular weight is 377 g/mol. The van der Waals surface area contributed by atoms with Crippen molar-refractivity contribution in [3.05, 3.63) is 72.3 Å². The van der Waals surface area contributed by atoms with Crippen molar-refractivity contribution in [2.24, 2.45) is 0 Å². The Morgan fingerprint density at radius 1 is 0.720 bits per heavy atom. The summed E-state index contributed by atoms with van der Waals surface area (Å²) in [5.74, 6) is -0.655. The highest BCUT2D eigenvalue weighted by Crippen LogP contribution is 2.16. The second kappa shape index (κ2) is 6.77. The van der Waals surface area contributed by atoms with Crippen molar-refractivity contribution in [1.82, 2.24) is 15.2 Å². The van der Waals surface area contributed by atoms with Gasteiger partial charge in [-0.15, -0.1) is 0 Å². The van der Waals surface area contributed by atoms with Crippen LogP contribution in [-0.2, 0) is 31.2 Å². The Balaban J connectivity index is 1.77. The first-order chi connectivity index (χ1) is 11.9. The minimum atomic E-state index is -3.59. The van der Waals surface area contributed by atoms with E-state index in [2.05, 4.69) is 15.2 Å². The van der Waals surface area contributed by atoms with Crippen LogP contribution in [0, 0.1) is 0 Å². The molecule has 1 aromatic heterocycles. The number of aromatic nitrogens is 3. The van der Waals surface area contributed by atoms with Crippen LogP contribution in [0.3, 0.4) is 0 Å². The summed E-state index contributed by atoms with van der Waals surface area (Å²) in [5.41, 5.74) is 0. The molecular formula is C16H15N3O4S2. The Bertz CT molecular complexity index is 975. The summed E-state index contributed by atoms with van der Waals surface area (Å²) in [4.78, 5) is 4.34. The third-order valence-corrected chi connectivity index (χ3v) is 6.70. The fourth-order valence-corrected chi connectivity index (χ4v) is 4.67. The molecule has 0 aliphatic rings. The number of sulfone groups is 2. The standard InChI is InChI=1S/C16H15N3O4S2/c20-24(21,13-7-3-1-4-8-13)11-15-17-16(19-18-15)12-25(22,23)14-9-5-2-6-10-14/h1-10H,11-12H2,(H,17,18,19). The summed E-state index contributed by atoms with van der Waals surface area (Å²) in [5, 5.41) is 6.33. The van der Waals surface area contributed by atoms with E-state index in [0.29, 0.717) is 0 Å². The molecule has 0 amide bonds. The summed E-state index contributed by atoms with van der Waals surface area (Å²) < 4.78 is 49.2. The van der Waals surface area contributed by atoms with E-state index in [1.165, 1.54) is 24.3 Å². The Morgan fingerprint density at radius 2 is 1.20 bits per heavy atom. The van der Waals surface area contributed by atoms with Gasteiger partial charge in [0.2, 0.25) is 0 Å². The third-order valence-electron chi connectivity index (χ3n) is 3.43. The van der Waals surface area contributed by atoms with Crippen molar-refractivity contribution in [1.29, 1.82) is 0 Å². The van der Waals surface area contributed by atoms with Crippen molar-refractivity contribution in [2.45, 2.75) is 21.3 Å². The van der Waals surface area contributed by atoms with Crippen molar-refractivity contribution in [2.75, 3.05) is 0 Å². The van der Waals surface area contributed by atoms with Gasteiger partial charge in [-0.25, -0.2) is 21.8 Å². The minimum Gasteiger partial charge on any atom is -0.262 e. The normalized spacial score (nSPS) is 12.2. The predicted molar refractivity (Wildman–Crippen MR) is 91.0 cm³/mol. The second-order valence-electron chi connectivity index (χ2n) is 5.34. The van der Waals surface area contributed by atoms with Gasteiger partial charge in [0, 0.05) is 0 Å². The number of aromatic amines is 1. The smallest absolute Gasteiger partial charge is 0.185 e. The lowest BCUT2D eigenvalue weighted by Gasteiger charge is -2.01. The van der Waals surface area contributed by atoms with Crippen molar-refractivity contribution in [3.8, 4) is 0 Å². The van der Waals surface area contributed by atoms with Crippen LogP contribution in [0.2, 0.25) is 0 Å². The molecule has 0 unspecified atom stereocenters. The third kappa shape index (κ3) is 4.12. The van der Waals surface area contributed by atoms with E-state index in [-0.39, 0.29) is 27.2 Å². The summed E-state index contributed by atoms with van der Waals surface area (Å²) in [6, 6.07) is 15.9. The highest BCUT2D eigenvalue weighted by Gasteiger charge is 2.21. The maximum Gasteiger partial charge on any atom is 0.185 e. The van der Waals surface area contributed by atoms with Crippen LogP contribution in [0.15, 0.2) is 70.5 Å². The Morgan fingerprint density at radius 3 is 1.72 bits per heavy atom. The van der Waals surface area contributed by atoms with Crippen LogP contribution < -0.4 is 0 Å². The number of rotatable bonds is 6. The van der Waals surface area contributed by atoms with E-state index in [1.807, 2.05) is 0 Å². The molecule has 1 N–H and O–H groups in total. The zero-order chi connectivity index (χ0) is 17.9. The molecule has 7 nitrogen and oxygen atoms in total. The molecule has 3 rings (SSSR count). The first-order valence-electron chi connectivity index (χ1n) is 7.33. The zero-order valence-corrected chi connectivity index (χ0v) is 14.7. The highest BCUT2D eigenvalue weighted by molar-refractivity contribution is 7.91. The zero-order valence-electron chi connectivity index (χ0n) is 13.0. The van der Waals surface area contributed by atoms with Gasteiger partial charge in [-0.05, 0) is 24.3 Å². The van der Waals surface area contributed by atoms with Gasteiger partial charge in [0.25, 0.3) is 0 Å². The van der Waals surface area contributed by atoms with Gasteiger partial charge < -0.3 is 0 Å². The fraction of sp³-hybridized carbons (Fsp3) is 0.125. The van der Waals surface area contributed by atoms with Gasteiger partial charge in [-0.1, -0.05) is 36.4 Å². The molecule has 0 fully saturated rings. The lowest BCUT2D eigenvalue weighted by molar-refractivity contribution is 0.592. The molecule has 0 radical (unpaired) electrons. The monoisotopic (exact) mass is 377 g/mol. The molecule has 0 bridgehead atoms. The van der Waals surface area contributed by atoms with E-state index in [1.54, 1.807) is 36.4 Å². The Hall–Kier alpha value is -2.52. The summed E-state index contributed by atoms with van der Waals surface area (Å²) >= 11 is 0. The topological polar surface area (TPSA) is 110 Å². The number of H-pyrrole nitrogens is 1. The van der Waals surface area contributed by atoms with E-state index >= 15 is 0 Å². The highest BCUT2D eigenvalue weighted by atomic mass is 32.2. The lowest BCUT2D eigenvalue weighted by Crippen LogP contribution is -2.07. The van der Waals surface area contributed by atoms with E-state index in [0.717, 1.165) is 0 Å². The molecule has 0 saturated heterocycles. The molecular weight excluding hydrogens is 362 g/mol. The van der Waals surface area contributed by atoms with Gasteiger partial charge in [-0.3, -0.25) is 5.10 Å². The van der Waals surface area contributed by atoms with Gasteiger partial charge in [0.1, 0.15) is 17.3 Å². The van der Waals surface area contributed by atoms with Crippen molar-refractivity contribution in [3.63, 3.8) is 0 Å². The quantitative estimate of drug-likeness (QED) is 0.701. The SMILES string of the molecule is O=S(=O)(Cc1n[nH]c(CS(=O)(=O)c2ccccc2)n1)c1ccccc1. The number of hydrogen-bond acceptors (Lipinski definition) is 6. The van der Waals surface area contributed by atoms with Crippen molar-refractivity contribution >= 4 is 19.7 Å².